The van der Waals surface area contributed by atoms with Crippen molar-refractivity contribution in [1.29, 1.82) is 5.26 Å². The fourth-order valence-electron chi connectivity index (χ4n) is 2.45. The number of imidazole rings is 1. The minimum Gasteiger partial charge on any atom is -0.385 e. The van der Waals surface area contributed by atoms with Gasteiger partial charge in [-0.1, -0.05) is 23.7 Å². The van der Waals surface area contributed by atoms with E-state index in [9.17, 15) is 10.1 Å². The van der Waals surface area contributed by atoms with Crippen LogP contribution < -0.4 is 5.32 Å². The van der Waals surface area contributed by atoms with Gasteiger partial charge in [0, 0.05) is 30.9 Å². The summed E-state index contributed by atoms with van der Waals surface area (Å²) < 4.78 is 1.66. The van der Waals surface area contributed by atoms with Gasteiger partial charge in [-0.25, -0.2) is 4.98 Å². The fourth-order valence-corrected chi connectivity index (χ4v) is 2.76. The van der Waals surface area contributed by atoms with Gasteiger partial charge in [-0.3, -0.25) is 10.1 Å². The topological polar surface area (TPSA) is 96.8 Å². The molecule has 0 fully saturated rings. The van der Waals surface area contributed by atoms with Crippen molar-refractivity contribution < 1.29 is 4.92 Å². The fraction of sp³-hybridized carbons (Fsp3) is 0.0588. The number of nitriles is 1. The molecule has 0 radical (unpaired) electrons. The number of nitro benzene ring substituents is 1. The molecule has 3 aromatic rings. The van der Waals surface area contributed by atoms with Crippen molar-refractivity contribution in [2.24, 2.45) is 0 Å². The molecule has 2 aromatic carbocycles. The van der Waals surface area contributed by atoms with Gasteiger partial charge in [-0.15, -0.1) is 0 Å². The van der Waals surface area contributed by atoms with Crippen molar-refractivity contribution in [1.82, 2.24) is 9.55 Å². The van der Waals surface area contributed by atoms with Crippen LogP contribution in [0.5, 0.6) is 0 Å². The lowest BCUT2D eigenvalue weighted by atomic mass is 10.1. The zero-order valence-corrected chi connectivity index (χ0v) is 13.9. The van der Waals surface area contributed by atoms with Crippen LogP contribution in [-0.4, -0.2) is 21.5 Å². The van der Waals surface area contributed by atoms with E-state index in [-0.39, 0.29) is 10.7 Å². The molecule has 1 heterocycles. The number of aromatic nitrogens is 2. The Bertz CT molecular complexity index is 989. The summed E-state index contributed by atoms with van der Waals surface area (Å²) in [5.74, 6) is 0. The Morgan fingerprint density at radius 1 is 1.32 bits per heavy atom. The summed E-state index contributed by atoms with van der Waals surface area (Å²) in [4.78, 5) is 14.9. The number of rotatable bonds is 4. The van der Waals surface area contributed by atoms with Crippen molar-refractivity contribution in [2.45, 2.75) is 0 Å². The highest BCUT2D eigenvalue weighted by Crippen LogP contribution is 2.34. The summed E-state index contributed by atoms with van der Waals surface area (Å²) in [7, 11) is 1.69. The van der Waals surface area contributed by atoms with E-state index in [1.807, 2.05) is 0 Å². The predicted octanol–water partition coefficient (Wildman–Crippen LogP) is 4.01. The Balaban J connectivity index is 2.07. The molecule has 0 amide bonds. The second-order valence-electron chi connectivity index (χ2n) is 5.18. The Kier molecular flexibility index (Phi) is 4.37. The number of nitrogens with zero attached hydrogens (tertiary/aromatic N) is 4. The van der Waals surface area contributed by atoms with Gasteiger partial charge in [0.25, 0.3) is 5.69 Å². The van der Waals surface area contributed by atoms with Gasteiger partial charge < -0.3 is 9.88 Å². The largest absolute Gasteiger partial charge is 0.385 e. The van der Waals surface area contributed by atoms with Gasteiger partial charge >= 0.3 is 0 Å². The lowest BCUT2D eigenvalue weighted by molar-refractivity contribution is -0.384. The molecular formula is C17H12ClN5O2. The summed E-state index contributed by atoms with van der Waals surface area (Å²) in [6.07, 6.45) is 3.31. The SMILES string of the molecule is CNc1c(Cl)cc([N+](=O)[O-])cc1-n1cnc(-c2ccc(C#N)cc2)c1. The van der Waals surface area contributed by atoms with Gasteiger partial charge in [-0.2, -0.15) is 5.26 Å². The van der Waals surface area contributed by atoms with Crippen LogP contribution >= 0.6 is 11.6 Å². The minimum absolute atomic E-state index is 0.104. The number of halogens is 1. The van der Waals surface area contributed by atoms with Gasteiger partial charge in [-0.05, 0) is 12.1 Å². The van der Waals surface area contributed by atoms with Crippen LogP contribution in [0.2, 0.25) is 5.02 Å². The van der Waals surface area contributed by atoms with Crippen LogP contribution in [0.25, 0.3) is 16.9 Å². The maximum Gasteiger partial charge on any atom is 0.273 e. The van der Waals surface area contributed by atoms with E-state index in [4.69, 9.17) is 16.9 Å². The average Bonchev–Trinajstić information content (AvgIpc) is 3.11. The number of benzene rings is 2. The summed E-state index contributed by atoms with van der Waals surface area (Å²) >= 11 is 6.15. The van der Waals surface area contributed by atoms with E-state index in [1.165, 1.54) is 12.1 Å². The average molecular weight is 354 g/mol. The highest BCUT2D eigenvalue weighted by molar-refractivity contribution is 6.34. The van der Waals surface area contributed by atoms with E-state index in [0.717, 1.165) is 5.56 Å². The highest BCUT2D eigenvalue weighted by Gasteiger charge is 2.17. The third kappa shape index (κ3) is 3.16. The molecule has 1 aromatic heterocycles. The monoisotopic (exact) mass is 353 g/mol. The number of non-ortho nitro benzene ring substituents is 1. The first-order valence-corrected chi connectivity index (χ1v) is 7.62. The molecular weight excluding hydrogens is 342 g/mol. The molecule has 0 aliphatic heterocycles. The molecule has 0 saturated carbocycles. The Morgan fingerprint density at radius 3 is 2.64 bits per heavy atom. The molecule has 0 atom stereocenters. The minimum atomic E-state index is -0.493. The maximum absolute atomic E-state index is 11.1. The third-order valence-corrected chi connectivity index (χ3v) is 3.98. The molecule has 0 aliphatic carbocycles. The summed E-state index contributed by atoms with van der Waals surface area (Å²) in [6.45, 7) is 0. The third-order valence-electron chi connectivity index (χ3n) is 3.69. The molecule has 7 nitrogen and oxygen atoms in total. The van der Waals surface area contributed by atoms with Crippen LogP contribution in [0.4, 0.5) is 11.4 Å². The van der Waals surface area contributed by atoms with Crippen LogP contribution in [-0.2, 0) is 0 Å². The second kappa shape index (κ2) is 6.63. The van der Waals surface area contributed by atoms with Crippen LogP contribution in [0.1, 0.15) is 5.56 Å². The maximum atomic E-state index is 11.1. The molecule has 0 saturated heterocycles. The first-order valence-electron chi connectivity index (χ1n) is 7.24. The second-order valence-corrected chi connectivity index (χ2v) is 5.59. The van der Waals surface area contributed by atoms with Crippen molar-refractivity contribution in [2.75, 3.05) is 12.4 Å². The molecule has 3 rings (SSSR count). The van der Waals surface area contributed by atoms with Crippen molar-refractivity contribution in [3.8, 4) is 23.0 Å². The van der Waals surface area contributed by atoms with Gasteiger partial charge in [0.15, 0.2) is 0 Å². The normalized spacial score (nSPS) is 10.3. The van der Waals surface area contributed by atoms with Crippen molar-refractivity contribution >= 4 is 23.0 Å². The number of hydrogen-bond donors (Lipinski definition) is 1. The van der Waals surface area contributed by atoms with Gasteiger partial charge in [0.05, 0.1) is 45.0 Å². The summed E-state index contributed by atoms with van der Waals surface area (Å²) in [5.41, 5.74) is 3.05. The van der Waals surface area contributed by atoms with Crippen LogP contribution in [0.15, 0.2) is 48.9 Å². The van der Waals surface area contributed by atoms with Crippen LogP contribution in [0, 0.1) is 21.4 Å². The first kappa shape index (κ1) is 16.5. The number of nitrogens with one attached hydrogen (secondary N) is 1. The molecule has 124 valence electrons. The molecule has 0 spiro atoms. The van der Waals surface area contributed by atoms with Crippen molar-refractivity contribution in [3.05, 3.63) is 69.6 Å². The van der Waals surface area contributed by atoms with E-state index in [2.05, 4.69) is 16.4 Å². The van der Waals surface area contributed by atoms with E-state index in [1.54, 1.807) is 48.4 Å². The molecule has 25 heavy (non-hydrogen) atoms. The zero-order chi connectivity index (χ0) is 18.0. The number of anilines is 1. The standard InChI is InChI=1S/C17H12ClN5O2/c1-20-17-14(18)6-13(23(24)25)7-16(17)22-9-15(21-10-22)12-4-2-11(8-19)3-5-12/h2-7,9-10,20H,1H3. The van der Waals surface area contributed by atoms with E-state index >= 15 is 0 Å². The zero-order valence-electron chi connectivity index (χ0n) is 13.1. The molecule has 0 unspecified atom stereocenters. The molecule has 8 heteroatoms. The number of nitro groups is 1. The molecule has 0 bridgehead atoms. The highest BCUT2D eigenvalue weighted by atomic mass is 35.5. The number of hydrogen-bond acceptors (Lipinski definition) is 5. The quantitative estimate of drug-likeness (QED) is 0.564. The van der Waals surface area contributed by atoms with Crippen LogP contribution in [0.3, 0.4) is 0 Å². The summed E-state index contributed by atoms with van der Waals surface area (Å²) in [6, 6.07) is 11.8. The first-order chi connectivity index (χ1) is 12.0. The molecule has 1 N–H and O–H groups in total. The van der Waals surface area contributed by atoms with Gasteiger partial charge in [0.1, 0.15) is 0 Å². The lowest BCUT2D eigenvalue weighted by Crippen LogP contribution is -2.01. The Labute approximate surface area is 148 Å². The lowest BCUT2D eigenvalue weighted by Gasteiger charge is -2.11. The van der Waals surface area contributed by atoms with Gasteiger partial charge in [0.2, 0.25) is 0 Å². The van der Waals surface area contributed by atoms with Crippen molar-refractivity contribution in [3.63, 3.8) is 0 Å². The Hall–Kier alpha value is -3.37. The molecule has 0 aliphatic rings. The summed E-state index contributed by atoms with van der Waals surface area (Å²) in [5, 5.41) is 23.2. The predicted molar refractivity (Wildman–Crippen MR) is 94.9 cm³/mol. The van der Waals surface area contributed by atoms with E-state index < -0.39 is 4.92 Å². The Morgan fingerprint density at radius 2 is 2.04 bits per heavy atom. The smallest absolute Gasteiger partial charge is 0.273 e. The van der Waals surface area contributed by atoms with E-state index in [0.29, 0.717) is 22.6 Å².